The monoisotopic (exact) mass is 194 g/mol. The molecule has 0 aliphatic heterocycles. The van der Waals surface area contributed by atoms with Crippen LogP contribution < -0.4 is 0 Å². The second-order valence-electron chi connectivity index (χ2n) is 2.78. The first-order chi connectivity index (χ1) is 6.16. The maximum Gasteiger partial charge on any atom is 0.185 e. The van der Waals surface area contributed by atoms with Crippen molar-refractivity contribution in [3.8, 4) is 0 Å². The molecule has 0 atom stereocenters. The van der Waals surface area contributed by atoms with Gasteiger partial charge in [-0.2, -0.15) is 0 Å². The number of carbonyl (C=O) groups excluding carboxylic acids is 1. The van der Waals surface area contributed by atoms with Gasteiger partial charge in [0.05, 0.1) is 0 Å². The van der Waals surface area contributed by atoms with Crippen LogP contribution in [-0.4, -0.2) is 5.78 Å². The third kappa shape index (κ3) is 2.19. The van der Waals surface area contributed by atoms with Crippen molar-refractivity contribution >= 4 is 17.4 Å². The quantitative estimate of drug-likeness (QED) is 0.521. The minimum atomic E-state index is 0.00231. The second-order valence-corrected chi connectivity index (χ2v) is 3.18. The third-order valence-corrected chi connectivity index (χ3v) is 2.26. The van der Waals surface area contributed by atoms with E-state index in [1.807, 2.05) is 13.8 Å². The van der Waals surface area contributed by atoms with Gasteiger partial charge in [0, 0.05) is 10.6 Å². The van der Waals surface area contributed by atoms with Gasteiger partial charge in [0.15, 0.2) is 5.78 Å². The van der Waals surface area contributed by atoms with Gasteiger partial charge in [0.25, 0.3) is 0 Å². The van der Waals surface area contributed by atoms with Crippen molar-refractivity contribution in [3.63, 3.8) is 0 Å². The predicted molar refractivity (Wildman–Crippen MR) is 55.3 cm³/mol. The van der Waals surface area contributed by atoms with Crippen LogP contribution in [-0.2, 0) is 0 Å². The van der Waals surface area contributed by atoms with E-state index in [-0.39, 0.29) is 5.78 Å². The highest BCUT2D eigenvalue weighted by atomic mass is 35.5. The van der Waals surface area contributed by atoms with Crippen molar-refractivity contribution in [2.24, 2.45) is 0 Å². The van der Waals surface area contributed by atoms with E-state index in [0.717, 1.165) is 5.56 Å². The van der Waals surface area contributed by atoms with Gasteiger partial charge < -0.3 is 0 Å². The molecule has 0 aromatic heterocycles. The number of allylic oxidation sites excluding steroid dienone is 2. The Morgan fingerprint density at radius 1 is 1.46 bits per heavy atom. The fourth-order valence-corrected chi connectivity index (χ4v) is 1.29. The number of hydrogen-bond donors (Lipinski definition) is 0. The molecule has 0 bridgehead atoms. The highest BCUT2D eigenvalue weighted by Gasteiger charge is 2.06. The summed E-state index contributed by atoms with van der Waals surface area (Å²) >= 11 is 5.88. The Morgan fingerprint density at radius 3 is 2.77 bits per heavy atom. The first kappa shape index (κ1) is 10.0. The van der Waals surface area contributed by atoms with Crippen LogP contribution in [0, 0.1) is 6.92 Å². The van der Waals surface area contributed by atoms with Crippen molar-refractivity contribution in [1.82, 2.24) is 0 Å². The average Bonchev–Trinajstić information content (AvgIpc) is 2.10. The van der Waals surface area contributed by atoms with Crippen LogP contribution in [0.25, 0.3) is 0 Å². The van der Waals surface area contributed by atoms with E-state index in [0.29, 0.717) is 10.6 Å². The smallest absolute Gasteiger partial charge is 0.185 e. The van der Waals surface area contributed by atoms with Gasteiger partial charge in [-0.25, -0.2) is 0 Å². The van der Waals surface area contributed by atoms with E-state index in [1.54, 1.807) is 30.4 Å². The number of carbonyl (C=O) groups is 1. The molecule has 0 saturated carbocycles. The van der Waals surface area contributed by atoms with Crippen LogP contribution in [0.15, 0.2) is 30.4 Å². The Balaban J connectivity index is 3.15. The Morgan fingerprint density at radius 2 is 2.15 bits per heavy atom. The fourth-order valence-electron chi connectivity index (χ4n) is 1.12. The maximum absolute atomic E-state index is 11.5. The molecule has 0 radical (unpaired) electrons. The number of rotatable bonds is 2. The van der Waals surface area contributed by atoms with Crippen molar-refractivity contribution in [3.05, 3.63) is 46.5 Å². The molecule has 0 N–H and O–H groups in total. The summed E-state index contributed by atoms with van der Waals surface area (Å²) in [5.74, 6) is 0.00231. The number of benzene rings is 1. The summed E-state index contributed by atoms with van der Waals surface area (Å²) in [4.78, 5) is 11.5. The van der Waals surface area contributed by atoms with Gasteiger partial charge in [-0.05, 0) is 31.6 Å². The van der Waals surface area contributed by atoms with Gasteiger partial charge in [0.1, 0.15) is 0 Å². The number of halogens is 1. The fraction of sp³-hybridized carbons (Fsp3) is 0.182. The molecule has 0 spiro atoms. The van der Waals surface area contributed by atoms with Gasteiger partial charge in [-0.15, -0.1) is 0 Å². The molecule has 0 amide bonds. The van der Waals surface area contributed by atoms with E-state index in [1.165, 1.54) is 0 Å². The zero-order chi connectivity index (χ0) is 9.84. The van der Waals surface area contributed by atoms with Gasteiger partial charge in [0.2, 0.25) is 0 Å². The summed E-state index contributed by atoms with van der Waals surface area (Å²) in [5.41, 5.74) is 1.51. The summed E-state index contributed by atoms with van der Waals surface area (Å²) in [7, 11) is 0. The zero-order valence-electron chi connectivity index (χ0n) is 7.67. The molecule has 0 saturated heterocycles. The van der Waals surface area contributed by atoms with Crippen LogP contribution in [0.1, 0.15) is 22.8 Å². The van der Waals surface area contributed by atoms with Crippen LogP contribution in [0.2, 0.25) is 5.02 Å². The van der Waals surface area contributed by atoms with Crippen LogP contribution in [0.3, 0.4) is 0 Å². The molecule has 2 heteroatoms. The third-order valence-electron chi connectivity index (χ3n) is 1.85. The maximum atomic E-state index is 11.5. The van der Waals surface area contributed by atoms with E-state index >= 15 is 0 Å². The van der Waals surface area contributed by atoms with E-state index in [2.05, 4.69) is 0 Å². The summed E-state index contributed by atoms with van der Waals surface area (Å²) in [6.45, 7) is 3.66. The number of hydrogen-bond acceptors (Lipinski definition) is 1. The Kier molecular flexibility index (Phi) is 3.26. The molecule has 1 nitrogen and oxygen atoms in total. The number of ketones is 1. The minimum Gasteiger partial charge on any atom is -0.289 e. The summed E-state index contributed by atoms with van der Waals surface area (Å²) in [6, 6.07) is 5.35. The predicted octanol–water partition coefficient (Wildman–Crippen LogP) is 3.41. The molecule has 1 aromatic rings. The second kappa shape index (κ2) is 4.24. The SMILES string of the molecule is C/C=C/C(=O)c1cccc(Cl)c1C. The lowest BCUT2D eigenvalue weighted by Crippen LogP contribution is -1.97. The Labute approximate surface area is 83.0 Å². The molecule has 0 heterocycles. The van der Waals surface area contributed by atoms with Crippen LogP contribution in [0.4, 0.5) is 0 Å². The van der Waals surface area contributed by atoms with E-state index in [9.17, 15) is 4.79 Å². The van der Waals surface area contributed by atoms with E-state index < -0.39 is 0 Å². The molecule has 0 fully saturated rings. The van der Waals surface area contributed by atoms with Crippen LogP contribution in [0.5, 0.6) is 0 Å². The minimum absolute atomic E-state index is 0.00231. The zero-order valence-corrected chi connectivity index (χ0v) is 8.43. The first-order valence-corrected chi connectivity index (χ1v) is 4.46. The lowest BCUT2D eigenvalue weighted by atomic mass is 10.0. The molecule has 13 heavy (non-hydrogen) atoms. The Hall–Kier alpha value is -1.08. The van der Waals surface area contributed by atoms with Gasteiger partial charge >= 0.3 is 0 Å². The van der Waals surface area contributed by atoms with Crippen molar-refractivity contribution in [1.29, 1.82) is 0 Å². The summed E-state index contributed by atoms with van der Waals surface area (Å²) in [6.07, 6.45) is 3.27. The van der Waals surface area contributed by atoms with Crippen molar-refractivity contribution in [2.75, 3.05) is 0 Å². The molecule has 1 aromatic carbocycles. The largest absolute Gasteiger partial charge is 0.289 e. The molecule has 1 rings (SSSR count). The first-order valence-electron chi connectivity index (χ1n) is 4.09. The summed E-state index contributed by atoms with van der Waals surface area (Å²) < 4.78 is 0. The molecule has 0 aliphatic rings. The van der Waals surface area contributed by atoms with Crippen molar-refractivity contribution < 1.29 is 4.79 Å². The van der Waals surface area contributed by atoms with Gasteiger partial charge in [-0.3, -0.25) is 4.79 Å². The van der Waals surface area contributed by atoms with Crippen LogP contribution >= 0.6 is 11.6 Å². The standard InChI is InChI=1S/C11H11ClO/c1-3-5-11(13)9-6-4-7-10(12)8(9)2/h3-7H,1-2H3/b5-3+. The summed E-state index contributed by atoms with van der Waals surface area (Å²) in [5, 5.41) is 0.635. The molecule has 0 aliphatic carbocycles. The average molecular weight is 195 g/mol. The highest BCUT2D eigenvalue weighted by Crippen LogP contribution is 2.19. The molecular formula is C11H11ClO. The lowest BCUT2D eigenvalue weighted by Gasteiger charge is -2.02. The Bertz CT molecular complexity index is 353. The lowest BCUT2D eigenvalue weighted by molar-refractivity contribution is 0.104. The molecule has 68 valence electrons. The normalized spacial score (nSPS) is 10.7. The van der Waals surface area contributed by atoms with E-state index in [4.69, 9.17) is 11.6 Å². The highest BCUT2D eigenvalue weighted by molar-refractivity contribution is 6.32. The molecule has 0 unspecified atom stereocenters. The van der Waals surface area contributed by atoms with Crippen molar-refractivity contribution in [2.45, 2.75) is 13.8 Å². The van der Waals surface area contributed by atoms with Gasteiger partial charge in [-0.1, -0.05) is 29.8 Å². The molecular weight excluding hydrogens is 184 g/mol. The topological polar surface area (TPSA) is 17.1 Å².